The highest BCUT2D eigenvalue weighted by molar-refractivity contribution is 7.89. The molecule has 1 N–H and O–H groups in total. The van der Waals surface area contributed by atoms with E-state index < -0.39 is 22.0 Å². The molecule has 184 valence electrons. The Labute approximate surface area is 202 Å². The fourth-order valence-corrected chi connectivity index (χ4v) is 5.34. The molecule has 0 aliphatic carbocycles. The monoisotopic (exact) mass is 501 g/mol. The van der Waals surface area contributed by atoms with E-state index in [1.165, 1.54) is 0 Å². The average molecular weight is 502 g/mol. The molecule has 1 heterocycles. The van der Waals surface area contributed by atoms with Crippen LogP contribution in [0.25, 0.3) is 16.6 Å². The van der Waals surface area contributed by atoms with Crippen molar-refractivity contribution in [2.75, 3.05) is 12.3 Å². The van der Waals surface area contributed by atoms with E-state index in [4.69, 9.17) is 0 Å². The molecule has 0 radical (unpaired) electrons. The maximum atomic E-state index is 12.6. The van der Waals surface area contributed by atoms with Gasteiger partial charge in [-0.3, -0.25) is 0 Å². The second-order valence-electron chi connectivity index (χ2n) is 8.80. The maximum Gasteiger partial charge on any atom is 0.404 e. The molecule has 0 saturated carbocycles. The summed E-state index contributed by atoms with van der Waals surface area (Å²) in [4.78, 5) is 0. The van der Waals surface area contributed by atoms with E-state index in [1.54, 1.807) is 6.20 Å². The predicted molar refractivity (Wildman–Crippen MR) is 131 cm³/mol. The summed E-state index contributed by atoms with van der Waals surface area (Å²) in [5, 5.41) is 5.45. The zero-order chi connectivity index (χ0) is 25.2. The van der Waals surface area contributed by atoms with Gasteiger partial charge in [-0.25, -0.2) is 17.8 Å². The first-order chi connectivity index (χ1) is 16.5. The molecule has 3 aromatic carbocycles. The van der Waals surface area contributed by atoms with E-state index in [9.17, 15) is 21.6 Å². The van der Waals surface area contributed by atoms with Crippen LogP contribution in [0.2, 0.25) is 0 Å². The lowest BCUT2D eigenvalue weighted by Gasteiger charge is -2.26. The number of rotatable bonds is 8. The summed E-state index contributed by atoms with van der Waals surface area (Å²) in [6, 6.07) is 23.5. The van der Waals surface area contributed by atoms with Gasteiger partial charge in [-0.05, 0) is 48.2 Å². The van der Waals surface area contributed by atoms with Crippen molar-refractivity contribution in [2.45, 2.75) is 25.9 Å². The van der Waals surface area contributed by atoms with E-state index in [-0.39, 0.29) is 18.4 Å². The van der Waals surface area contributed by atoms with Gasteiger partial charge in [0, 0.05) is 17.8 Å². The summed E-state index contributed by atoms with van der Waals surface area (Å²) < 4.78 is 65.8. The van der Waals surface area contributed by atoms with Gasteiger partial charge in [0.05, 0.1) is 17.4 Å². The zero-order valence-corrected chi connectivity index (χ0v) is 20.1. The minimum Gasteiger partial charge on any atom is -0.233 e. The highest BCUT2D eigenvalue weighted by atomic mass is 32.2. The fourth-order valence-electron chi connectivity index (χ4n) is 4.29. The zero-order valence-electron chi connectivity index (χ0n) is 19.3. The Morgan fingerprint density at radius 1 is 0.971 bits per heavy atom. The van der Waals surface area contributed by atoms with Crippen LogP contribution in [-0.2, 0) is 10.0 Å². The van der Waals surface area contributed by atoms with Crippen LogP contribution in [0, 0.1) is 12.8 Å². The van der Waals surface area contributed by atoms with Crippen LogP contribution >= 0.6 is 0 Å². The van der Waals surface area contributed by atoms with Gasteiger partial charge in [-0.15, -0.1) is 0 Å². The number of halogens is 3. The van der Waals surface area contributed by atoms with Crippen LogP contribution < -0.4 is 4.72 Å². The van der Waals surface area contributed by atoms with Crippen molar-refractivity contribution >= 4 is 20.9 Å². The molecule has 0 fully saturated rings. The van der Waals surface area contributed by atoms with Gasteiger partial charge in [0.25, 0.3) is 0 Å². The number of fused-ring (bicyclic) bond motifs is 1. The number of hydrogen-bond acceptors (Lipinski definition) is 3. The van der Waals surface area contributed by atoms with Crippen LogP contribution in [-0.4, -0.2) is 36.7 Å². The summed E-state index contributed by atoms with van der Waals surface area (Å²) in [6.45, 7) is 3.72. The molecule has 0 bridgehead atoms. The van der Waals surface area contributed by atoms with E-state index >= 15 is 0 Å². The first kappa shape index (κ1) is 24.9. The number of alkyl halides is 3. The van der Waals surface area contributed by atoms with E-state index in [0.717, 1.165) is 33.3 Å². The number of hydrogen-bond donors (Lipinski definition) is 1. The van der Waals surface area contributed by atoms with Crippen LogP contribution in [0.4, 0.5) is 13.2 Å². The third-order valence-electron chi connectivity index (χ3n) is 5.94. The van der Waals surface area contributed by atoms with Crippen LogP contribution in [0.15, 0.2) is 79.0 Å². The van der Waals surface area contributed by atoms with Gasteiger partial charge in [0.2, 0.25) is 10.0 Å². The Bertz CT molecular complexity index is 1400. The predicted octanol–water partition coefficient (Wildman–Crippen LogP) is 5.58. The molecule has 2 unspecified atom stereocenters. The molecule has 0 spiro atoms. The van der Waals surface area contributed by atoms with Gasteiger partial charge in [0.15, 0.2) is 5.75 Å². The Hall–Kier alpha value is -3.17. The second kappa shape index (κ2) is 9.83. The molecule has 35 heavy (non-hydrogen) atoms. The summed E-state index contributed by atoms with van der Waals surface area (Å²) in [5.41, 5.74) is 4.88. The van der Waals surface area contributed by atoms with Gasteiger partial charge >= 0.3 is 6.18 Å². The first-order valence-corrected chi connectivity index (χ1v) is 12.8. The number of aromatic nitrogens is 2. The SMILES string of the molecule is Cc1ccc(-n2ncc3cc(C(c4ccccc4)C(C)CNS(=O)(=O)CC(F)(F)F)ccc32)cc1. The van der Waals surface area contributed by atoms with Gasteiger partial charge in [-0.2, -0.15) is 18.3 Å². The molecule has 0 aliphatic rings. The van der Waals surface area contributed by atoms with E-state index in [2.05, 4.69) is 9.82 Å². The smallest absolute Gasteiger partial charge is 0.233 e. The fraction of sp³-hybridized carbons (Fsp3) is 0.269. The highest BCUT2D eigenvalue weighted by Gasteiger charge is 2.35. The molecular formula is C26H26F3N3O2S. The van der Waals surface area contributed by atoms with Gasteiger partial charge < -0.3 is 0 Å². The maximum absolute atomic E-state index is 12.6. The van der Waals surface area contributed by atoms with Crippen molar-refractivity contribution in [2.24, 2.45) is 5.92 Å². The quantitative estimate of drug-likeness (QED) is 0.343. The number of nitrogens with one attached hydrogen (secondary N) is 1. The van der Waals surface area contributed by atoms with Gasteiger partial charge in [-0.1, -0.05) is 61.0 Å². The summed E-state index contributed by atoms with van der Waals surface area (Å²) in [6.07, 6.45) is -3.02. The molecule has 4 aromatic rings. The first-order valence-electron chi connectivity index (χ1n) is 11.2. The normalized spacial score (nSPS) is 14.2. The molecule has 0 saturated heterocycles. The number of nitrogens with zero attached hydrogens (tertiary/aromatic N) is 2. The summed E-state index contributed by atoms with van der Waals surface area (Å²) >= 11 is 0. The largest absolute Gasteiger partial charge is 0.404 e. The van der Waals surface area contributed by atoms with Gasteiger partial charge in [0.1, 0.15) is 0 Å². The van der Waals surface area contributed by atoms with Crippen molar-refractivity contribution < 1.29 is 21.6 Å². The number of sulfonamides is 1. The Kier molecular flexibility index (Phi) is 7.00. The standard InChI is InChI=1S/C26H26F3N3O2S/c1-18-8-11-23(12-9-18)32-24-13-10-21(14-22(24)16-30-32)25(20-6-4-3-5-7-20)19(2)15-31-35(33,34)17-26(27,28)29/h3-14,16,19,25,31H,15,17H2,1-2H3. The molecule has 2 atom stereocenters. The number of aryl methyl sites for hydroxylation is 1. The van der Waals surface area contributed by atoms with Crippen LogP contribution in [0.3, 0.4) is 0 Å². The highest BCUT2D eigenvalue weighted by Crippen LogP contribution is 2.34. The lowest BCUT2D eigenvalue weighted by molar-refractivity contribution is -0.106. The molecule has 1 aromatic heterocycles. The molecule has 9 heteroatoms. The summed E-state index contributed by atoms with van der Waals surface area (Å²) in [7, 11) is -4.49. The number of benzene rings is 3. The topological polar surface area (TPSA) is 64.0 Å². The minimum atomic E-state index is -4.80. The molecule has 4 rings (SSSR count). The third kappa shape index (κ3) is 6.10. The van der Waals surface area contributed by atoms with Crippen LogP contribution in [0.5, 0.6) is 0 Å². The van der Waals surface area contributed by atoms with Crippen LogP contribution in [0.1, 0.15) is 29.5 Å². The average Bonchev–Trinajstić information content (AvgIpc) is 3.21. The molecular weight excluding hydrogens is 475 g/mol. The van der Waals surface area contributed by atoms with Crippen molar-refractivity contribution in [1.82, 2.24) is 14.5 Å². The van der Waals surface area contributed by atoms with Crippen molar-refractivity contribution in [3.05, 3.63) is 95.7 Å². The molecule has 0 aliphatic heterocycles. The Balaban J connectivity index is 1.65. The van der Waals surface area contributed by atoms with Crippen molar-refractivity contribution in [1.29, 1.82) is 0 Å². The lowest BCUT2D eigenvalue weighted by Crippen LogP contribution is -2.37. The van der Waals surface area contributed by atoms with E-state index in [1.807, 2.05) is 91.3 Å². The van der Waals surface area contributed by atoms with E-state index in [0.29, 0.717) is 0 Å². The Morgan fingerprint density at radius 3 is 2.31 bits per heavy atom. The van der Waals surface area contributed by atoms with Crippen molar-refractivity contribution in [3.63, 3.8) is 0 Å². The summed E-state index contributed by atoms with van der Waals surface area (Å²) in [5.74, 6) is -2.45. The lowest BCUT2D eigenvalue weighted by atomic mass is 9.81. The molecule has 0 amide bonds. The molecule has 5 nitrogen and oxygen atoms in total. The minimum absolute atomic E-state index is 0.126. The van der Waals surface area contributed by atoms with Crippen molar-refractivity contribution in [3.8, 4) is 5.69 Å². The third-order valence-corrected chi connectivity index (χ3v) is 7.25. The Morgan fingerprint density at radius 2 is 1.66 bits per heavy atom. The second-order valence-corrected chi connectivity index (χ2v) is 10.6.